The van der Waals surface area contributed by atoms with Gasteiger partial charge >= 0.3 is 12.1 Å². The molecule has 224 valence electrons. The lowest BCUT2D eigenvalue weighted by atomic mass is 9.99. The Kier molecular flexibility index (Phi) is 10.4. The number of hydrogen-bond donors (Lipinski definition) is 1. The van der Waals surface area contributed by atoms with Crippen molar-refractivity contribution in [2.75, 3.05) is 11.7 Å². The van der Waals surface area contributed by atoms with Crippen LogP contribution in [0.1, 0.15) is 70.8 Å². The predicted octanol–water partition coefficient (Wildman–Crippen LogP) is 5.03. The molecule has 0 unspecified atom stereocenters. The van der Waals surface area contributed by atoms with Gasteiger partial charge in [-0.05, 0) is 65.7 Å². The van der Waals surface area contributed by atoms with Gasteiger partial charge in [-0.2, -0.15) is 5.06 Å². The molecule has 12 heteroatoms. The van der Waals surface area contributed by atoms with Crippen LogP contribution in [0.3, 0.4) is 0 Å². The van der Waals surface area contributed by atoms with E-state index in [0.717, 1.165) is 5.06 Å². The molecular formula is C29H37NO10S. The first-order valence-corrected chi connectivity index (χ1v) is 13.6. The monoisotopic (exact) mass is 591 g/mol. The van der Waals surface area contributed by atoms with E-state index in [-0.39, 0.29) is 40.7 Å². The second-order valence-corrected chi connectivity index (χ2v) is 11.4. The Hall–Kier alpha value is -3.19. The highest BCUT2D eigenvalue weighted by Gasteiger charge is 2.43. The van der Waals surface area contributed by atoms with E-state index in [1.165, 1.54) is 18.2 Å². The average Bonchev–Trinajstić information content (AvgIpc) is 3.19. The molecule has 1 aromatic carbocycles. The van der Waals surface area contributed by atoms with Crippen molar-refractivity contribution in [3.05, 3.63) is 41.5 Å². The summed E-state index contributed by atoms with van der Waals surface area (Å²) in [5.41, 5.74) is -0.446. The zero-order chi connectivity index (χ0) is 30.5. The Balaban J connectivity index is 2.14. The minimum absolute atomic E-state index is 0.0316. The average molecular weight is 592 g/mol. The van der Waals surface area contributed by atoms with Crippen LogP contribution in [0.2, 0.25) is 0 Å². The number of aldehydes is 1. The third-order valence-corrected chi connectivity index (χ3v) is 6.41. The largest absolute Gasteiger partial charge is 0.458 e. The summed E-state index contributed by atoms with van der Waals surface area (Å²) in [5.74, 6) is -2.30. The van der Waals surface area contributed by atoms with E-state index in [2.05, 4.69) is 12.9 Å². The highest BCUT2D eigenvalue weighted by molar-refractivity contribution is 7.75. The standard InChI is InChI=1S/C29H37NO10S/c1-17-11-12-21(32)25-22(37-29(6,7)38-25)10-8-9-19-15-20(16-23(40-41)24(19)26(33)36-18(17)2)30(35-14-13-31)27(34)39-28(3,4)5/h8-9,11-13,15-18,22,25,41H,10,14H2,1-7H3/b9-8+,12-11-/t17-,18+,22+,25-/m1/s1. The minimum Gasteiger partial charge on any atom is -0.458 e. The SMILES string of the molecule is C[C@@H]1/C=C\C(=O)[C@H]2OC(C)(C)O[C@H]2C/C=C/c2cc(N(OCC=O)C(=O)OC(C)(C)C)cc(OS)c2C(=O)O[C@H]1C. The fourth-order valence-corrected chi connectivity index (χ4v) is 4.36. The fourth-order valence-electron chi connectivity index (χ4n) is 4.21. The molecule has 2 aliphatic heterocycles. The molecule has 1 fully saturated rings. The van der Waals surface area contributed by atoms with E-state index in [1.54, 1.807) is 59.8 Å². The lowest BCUT2D eigenvalue weighted by molar-refractivity contribution is -0.152. The first kappa shape index (κ1) is 32.3. The van der Waals surface area contributed by atoms with Crippen LogP contribution in [-0.4, -0.2) is 60.4 Å². The van der Waals surface area contributed by atoms with E-state index < -0.39 is 48.4 Å². The van der Waals surface area contributed by atoms with Gasteiger partial charge in [0.1, 0.15) is 36.3 Å². The number of ether oxygens (including phenoxy) is 4. The van der Waals surface area contributed by atoms with Crippen molar-refractivity contribution in [1.82, 2.24) is 0 Å². The second-order valence-electron chi connectivity index (χ2n) is 11.2. The van der Waals surface area contributed by atoms with Crippen LogP contribution in [-0.2, 0) is 33.4 Å². The van der Waals surface area contributed by atoms with Gasteiger partial charge in [0.05, 0.1) is 11.8 Å². The molecule has 0 spiro atoms. The number of esters is 1. The number of cyclic esters (lactones) is 1. The van der Waals surface area contributed by atoms with Gasteiger partial charge in [0, 0.05) is 24.9 Å². The smallest absolute Gasteiger partial charge is 0.439 e. The number of nitrogens with zero attached hydrogens (tertiary/aromatic N) is 1. The molecule has 0 saturated carbocycles. The zero-order valence-corrected chi connectivity index (χ0v) is 25.1. The number of carbonyl (C=O) groups is 4. The number of ketones is 1. The molecule has 0 N–H and O–H groups in total. The molecule has 3 rings (SSSR count). The molecule has 1 amide bonds. The third kappa shape index (κ3) is 8.41. The summed E-state index contributed by atoms with van der Waals surface area (Å²) in [6.07, 6.45) is 4.19. The van der Waals surface area contributed by atoms with Crippen molar-refractivity contribution < 1.29 is 47.1 Å². The summed E-state index contributed by atoms with van der Waals surface area (Å²) in [6.45, 7) is 11.6. The second kappa shape index (κ2) is 13.2. The van der Waals surface area contributed by atoms with Gasteiger partial charge < -0.3 is 27.9 Å². The molecule has 41 heavy (non-hydrogen) atoms. The lowest BCUT2D eigenvalue weighted by Crippen LogP contribution is -2.37. The topological polar surface area (TPSA) is 127 Å². The molecule has 2 heterocycles. The number of hydrogen-bond acceptors (Lipinski definition) is 11. The Morgan fingerprint density at radius 1 is 1.17 bits per heavy atom. The van der Waals surface area contributed by atoms with Crippen LogP contribution in [0.25, 0.3) is 6.08 Å². The van der Waals surface area contributed by atoms with Crippen molar-refractivity contribution in [3.8, 4) is 5.75 Å². The van der Waals surface area contributed by atoms with Crippen LogP contribution < -0.4 is 9.25 Å². The number of benzene rings is 1. The molecule has 1 aromatic rings. The van der Waals surface area contributed by atoms with Gasteiger partial charge in [-0.15, -0.1) is 0 Å². The van der Waals surface area contributed by atoms with Crippen LogP contribution in [0, 0.1) is 5.92 Å². The third-order valence-electron chi connectivity index (χ3n) is 6.21. The van der Waals surface area contributed by atoms with Crippen LogP contribution in [0.4, 0.5) is 10.5 Å². The van der Waals surface area contributed by atoms with Crippen molar-refractivity contribution in [3.63, 3.8) is 0 Å². The van der Waals surface area contributed by atoms with Gasteiger partial charge in [-0.25, -0.2) is 9.59 Å². The van der Waals surface area contributed by atoms with E-state index in [4.69, 9.17) is 28.0 Å². The minimum atomic E-state index is -0.972. The molecule has 0 bridgehead atoms. The van der Waals surface area contributed by atoms with Gasteiger partial charge in [-0.3, -0.25) is 9.63 Å². The van der Waals surface area contributed by atoms with Crippen molar-refractivity contribution in [2.45, 2.75) is 84.6 Å². The maximum absolute atomic E-state index is 13.4. The molecule has 1 saturated heterocycles. The van der Waals surface area contributed by atoms with Crippen LogP contribution in [0.15, 0.2) is 30.4 Å². The van der Waals surface area contributed by atoms with Crippen molar-refractivity contribution >= 4 is 48.8 Å². The molecule has 0 radical (unpaired) electrons. The zero-order valence-electron chi connectivity index (χ0n) is 24.2. The lowest BCUT2D eigenvalue weighted by Gasteiger charge is -2.27. The molecule has 2 aliphatic rings. The molecule has 0 aliphatic carbocycles. The van der Waals surface area contributed by atoms with Gasteiger partial charge in [0.25, 0.3) is 0 Å². The maximum atomic E-state index is 13.4. The molecule has 11 nitrogen and oxygen atoms in total. The summed E-state index contributed by atoms with van der Waals surface area (Å²) < 4.78 is 28.3. The van der Waals surface area contributed by atoms with Crippen molar-refractivity contribution in [2.24, 2.45) is 5.92 Å². The summed E-state index contributed by atoms with van der Waals surface area (Å²) in [5, 5.41) is 0.793. The highest BCUT2D eigenvalue weighted by atomic mass is 32.1. The number of thiol groups is 1. The number of hydroxylamine groups is 1. The predicted molar refractivity (Wildman–Crippen MR) is 152 cm³/mol. The maximum Gasteiger partial charge on any atom is 0.439 e. The number of carbonyl (C=O) groups excluding carboxylic acids is 4. The molecule has 4 atom stereocenters. The number of rotatable bonds is 5. The summed E-state index contributed by atoms with van der Waals surface area (Å²) in [4.78, 5) is 55.9. The number of amides is 1. The first-order chi connectivity index (χ1) is 19.2. The van der Waals surface area contributed by atoms with E-state index in [1.807, 2.05) is 6.92 Å². The highest BCUT2D eigenvalue weighted by Crippen LogP contribution is 2.35. The molecular weight excluding hydrogens is 554 g/mol. The quantitative estimate of drug-likeness (QED) is 0.164. The van der Waals surface area contributed by atoms with Crippen LogP contribution in [0.5, 0.6) is 5.75 Å². The first-order valence-electron chi connectivity index (χ1n) is 13.2. The van der Waals surface area contributed by atoms with E-state index in [9.17, 15) is 19.2 Å². The van der Waals surface area contributed by atoms with E-state index >= 15 is 0 Å². The Morgan fingerprint density at radius 3 is 2.51 bits per heavy atom. The van der Waals surface area contributed by atoms with E-state index in [0.29, 0.717) is 6.29 Å². The normalized spacial score (nSPS) is 26.0. The Labute approximate surface area is 245 Å². The Bertz CT molecular complexity index is 1220. The van der Waals surface area contributed by atoms with Gasteiger partial charge in [0.2, 0.25) is 0 Å². The fraction of sp³-hybridized carbons (Fsp3) is 0.517. The summed E-state index contributed by atoms with van der Waals surface area (Å²) >= 11 is 3.94. The van der Waals surface area contributed by atoms with Gasteiger partial charge in [-0.1, -0.05) is 25.2 Å². The van der Waals surface area contributed by atoms with Gasteiger partial charge in [0.15, 0.2) is 17.3 Å². The molecule has 0 aromatic heterocycles. The number of anilines is 1. The number of fused-ring (bicyclic) bond motifs is 2. The Morgan fingerprint density at radius 2 is 1.88 bits per heavy atom. The van der Waals surface area contributed by atoms with Crippen molar-refractivity contribution in [1.29, 1.82) is 0 Å². The summed E-state index contributed by atoms with van der Waals surface area (Å²) in [7, 11) is 0. The summed E-state index contributed by atoms with van der Waals surface area (Å²) in [6, 6.07) is 2.83. The van der Waals surface area contributed by atoms with Crippen LogP contribution >= 0.6 is 12.9 Å².